The maximum Gasteiger partial charge on any atom is 0.293 e. The first-order chi connectivity index (χ1) is 13.5. The Hall–Kier alpha value is -3.48. The van der Waals surface area contributed by atoms with Crippen LogP contribution in [0.15, 0.2) is 48.7 Å². The van der Waals surface area contributed by atoms with Gasteiger partial charge in [0.25, 0.3) is 11.6 Å². The second-order valence-corrected chi connectivity index (χ2v) is 6.94. The van der Waals surface area contributed by atoms with Crippen LogP contribution in [0.2, 0.25) is 0 Å². The van der Waals surface area contributed by atoms with E-state index < -0.39 is 4.92 Å². The van der Waals surface area contributed by atoms with E-state index in [2.05, 4.69) is 10.3 Å². The molecule has 1 aliphatic heterocycles. The molecule has 7 nitrogen and oxygen atoms in total. The molecule has 0 saturated carbocycles. The molecular formula is C21H20N4O3. The summed E-state index contributed by atoms with van der Waals surface area (Å²) in [6.45, 7) is 3.56. The molecule has 4 rings (SSSR count). The van der Waals surface area contributed by atoms with E-state index in [0.29, 0.717) is 11.4 Å². The van der Waals surface area contributed by atoms with E-state index in [9.17, 15) is 14.9 Å². The first-order valence-electron chi connectivity index (χ1n) is 9.23. The van der Waals surface area contributed by atoms with Crippen LogP contribution in [-0.4, -0.2) is 28.9 Å². The minimum absolute atomic E-state index is 0.0371. The molecule has 1 N–H and O–H groups in total. The molecule has 2 aromatic carbocycles. The smallest absolute Gasteiger partial charge is 0.293 e. The monoisotopic (exact) mass is 376 g/mol. The summed E-state index contributed by atoms with van der Waals surface area (Å²) < 4.78 is 0. The van der Waals surface area contributed by atoms with Crippen molar-refractivity contribution in [1.29, 1.82) is 0 Å². The van der Waals surface area contributed by atoms with Crippen molar-refractivity contribution in [3.05, 3.63) is 69.9 Å². The summed E-state index contributed by atoms with van der Waals surface area (Å²) in [4.78, 5) is 30.3. The minimum atomic E-state index is -0.421. The normalized spacial score (nSPS) is 13.7. The van der Waals surface area contributed by atoms with Crippen molar-refractivity contribution in [2.45, 2.75) is 19.8 Å². The lowest BCUT2D eigenvalue weighted by molar-refractivity contribution is -0.384. The third-order valence-electron chi connectivity index (χ3n) is 5.10. The lowest BCUT2D eigenvalue weighted by atomic mass is 10.1. The van der Waals surface area contributed by atoms with Gasteiger partial charge in [-0.1, -0.05) is 6.07 Å². The number of nitrogens with one attached hydrogen (secondary N) is 1. The zero-order chi connectivity index (χ0) is 19.7. The molecule has 1 fully saturated rings. The van der Waals surface area contributed by atoms with E-state index in [-0.39, 0.29) is 17.2 Å². The van der Waals surface area contributed by atoms with Gasteiger partial charge in [0.1, 0.15) is 5.69 Å². The van der Waals surface area contributed by atoms with E-state index in [0.717, 1.165) is 42.4 Å². The first-order valence-corrected chi connectivity index (χ1v) is 9.23. The van der Waals surface area contributed by atoms with Gasteiger partial charge in [-0.15, -0.1) is 0 Å². The fraction of sp³-hybridized carbons (Fsp3) is 0.238. The number of pyridine rings is 1. The number of benzene rings is 2. The van der Waals surface area contributed by atoms with Gasteiger partial charge in [-0.05, 0) is 55.7 Å². The molecule has 7 heteroatoms. The molecule has 0 spiro atoms. The van der Waals surface area contributed by atoms with Crippen molar-refractivity contribution in [2.24, 2.45) is 0 Å². The number of nitro groups is 1. The third kappa shape index (κ3) is 3.26. The van der Waals surface area contributed by atoms with Crippen LogP contribution in [0.5, 0.6) is 0 Å². The average molecular weight is 376 g/mol. The Labute approximate surface area is 162 Å². The van der Waals surface area contributed by atoms with Crippen LogP contribution in [0.3, 0.4) is 0 Å². The van der Waals surface area contributed by atoms with E-state index in [4.69, 9.17) is 0 Å². The van der Waals surface area contributed by atoms with Crippen molar-refractivity contribution < 1.29 is 9.72 Å². The summed E-state index contributed by atoms with van der Waals surface area (Å²) in [7, 11) is 0. The highest BCUT2D eigenvalue weighted by atomic mass is 16.6. The molecule has 0 bridgehead atoms. The molecule has 2 heterocycles. The number of fused-ring (bicyclic) bond motifs is 1. The highest BCUT2D eigenvalue weighted by Crippen LogP contribution is 2.32. The van der Waals surface area contributed by atoms with Crippen LogP contribution in [0.1, 0.15) is 28.8 Å². The van der Waals surface area contributed by atoms with Gasteiger partial charge in [0.2, 0.25) is 0 Å². The molecule has 142 valence electrons. The highest BCUT2D eigenvalue weighted by Gasteiger charge is 2.24. The van der Waals surface area contributed by atoms with Crippen molar-refractivity contribution in [1.82, 2.24) is 4.98 Å². The maximum atomic E-state index is 12.8. The van der Waals surface area contributed by atoms with E-state index in [1.807, 2.05) is 36.1 Å². The summed E-state index contributed by atoms with van der Waals surface area (Å²) in [5.41, 5.74) is 3.25. The Kier molecular flexibility index (Phi) is 4.65. The summed E-state index contributed by atoms with van der Waals surface area (Å²) >= 11 is 0. The minimum Gasteiger partial charge on any atom is -0.366 e. The molecule has 1 aliphatic rings. The second-order valence-electron chi connectivity index (χ2n) is 6.94. The molecular weight excluding hydrogens is 356 g/mol. The molecule has 3 aromatic rings. The third-order valence-corrected chi connectivity index (χ3v) is 5.10. The Balaban J connectivity index is 1.66. The summed E-state index contributed by atoms with van der Waals surface area (Å²) in [5, 5.41) is 15.3. The number of anilines is 2. The number of nitrogens with zero attached hydrogens (tertiary/aromatic N) is 3. The van der Waals surface area contributed by atoms with Crippen LogP contribution >= 0.6 is 0 Å². The lowest BCUT2D eigenvalue weighted by Crippen LogP contribution is -2.20. The number of amides is 1. The van der Waals surface area contributed by atoms with Gasteiger partial charge in [0.05, 0.1) is 16.1 Å². The summed E-state index contributed by atoms with van der Waals surface area (Å²) in [6, 6.07) is 12.1. The Morgan fingerprint density at radius 3 is 2.71 bits per heavy atom. The van der Waals surface area contributed by atoms with Crippen molar-refractivity contribution in [2.75, 3.05) is 23.3 Å². The maximum absolute atomic E-state index is 12.8. The van der Waals surface area contributed by atoms with E-state index >= 15 is 0 Å². The fourth-order valence-electron chi connectivity index (χ4n) is 3.65. The predicted molar refractivity (Wildman–Crippen MR) is 109 cm³/mol. The number of nitro benzene ring substituents is 1. The van der Waals surface area contributed by atoms with Crippen LogP contribution in [-0.2, 0) is 0 Å². The number of aryl methyl sites for hydroxylation is 1. The van der Waals surface area contributed by atoms with Gasteiger partial charge in [0, 0.05) is 36.3 Å². The number of hydrogen-bond donors (Lipinski definition) is 1. The summed E-state index contributed by atoms with van der Waals surface area (Å²) in [6.07, 6.45) is 3.75. The van der Waals surface area contributed by atoms with Crippen molar-refractivity contribution in [3.8, 4) is 0 Å². The standard InChI is InChI=1S/C21H20N4O3/c1-14-6-8-17(16-5-4-10-22-20(14)16)23-21(26)15-7-9-18(19(13-15)25(27)28)24-11-2-3-12-24/h4-10,13H,2-3,11-12H2,1H3,(H,23,26). The zero-order valence-electron chi connectivity index (χ0n) is 15.5. The number of carbonyl (C=O) groups excluding carboxylic acids is 1. The highest BCUT2D eigenvalue weighted by molar-refractivity contribution is 6.09. The van der Waals surface area contributed by atoms with Gasteiger partial charge in [-0.2, -0.15) is 0 Å². The largest absolute Gasteiger partial charge is 0.366 e. The molecule has 0 atom stereocenters. The van der Waals surface area contributed by atoms with Crippen molar-refractivity contribution in [3.63, 3.8) is 0 Å². The van der Waals surface area contributed by atoms with Gasteiger partial charge < -0.3 is 10.2 Å². The van der Waals surface area contributed by atoms with Crippen LogP contribution < -0.4 is 10.2 Å². The summed E-state index contributed by atoms with van der Waals surface area (Å²) in [5.74, 6) is -0.384. The molecule has 0 radical (unpaired) electrons. The van der Waals surface area contributed by atoms with E-state index in [1.165, 1.54) is 6.07 Å². The zero-order valence-corrected chi connectivity index (χ0v) is 15.5. The van der Waals surface area contributed by atoms with Crippen molar-refractivity contribution >= 4 is 33.9 Å². The average Bonchev–Trinajstić information content (AvgIpc) is 3.24. The lowest BCUT2D eigenvalue weighted by Gasteiger charge is -2.18. The molecule has 1 aromatic heterocycles. The number of rotatable bonds is 4. The second kappa shape index (κ2) is 7.26. The molecule has 1 amide bonds. The number of aromatic nitrogens is 1. The quantitative estimate of drug-likeness (QED) is 0.542. The van der Waals surface area contributed by atoms with Gasteiger partial charge >= 0.3 is 0 Å². The molecule has 1 saturated heterocycles. The Bertz CT molecular complexity index is 1070. The molecule has 28 heavy (non-hydrogen) atoms. The Morgan fingerprint density at radius 2 is 1.96 bits per heavy atom. The van der Waals surface area contributed by atoms with Gasteiger partial charge in [0.15, 0.2) is 0 Å². The van der Waals surface area contributed by atoms with E-state index in [1.54, 1.807) is 18.3 Å². The van der Waals surface area contributed by atoms with Gasteiger partial charge in [-0.25, -0.2) is 0 Å². The van der Waals surface area contributed by atoms with Gasteiger partial charge in [-0.3, -0.25) is 19.9 Å². The van der Waals surface area contributed by atoms with Crippen LogP contribution in [0.4, 0.5) is 17.1 Å². The molecule has 0 aliphatic carbocycles. The van der Waals surface area contributed by atoms with Crippen LogP contribution in [0.25, 0.3) is 10.9 Å². The van der Waals surface area contributed by atoms with Crippen LogP contribution in [0, 0.1) is 17.0 Å². The fourth-order valence-corrected chi connectivity index (χ4v) is 3.65. The number of hydrogen-bond acceptors (Lipinski definition) is 5. The SMILES string of the molecule is Cc1ccc(NC(=O)c2ccc(N3CCCC3)c([N+](=O)[O-])c2)c2cccnc12. The Morgan fingerprint density at radius 1 is 1.18 bits per heavy atom. The first kappa shape index (κ1) is 17.9. The topological polar surface area (TPSA) is 88.4 Å². The number of carbonyl (C=O) groups is 1. The predicted octanol–water partition coefficient (Wildman–Crippen LogP) is 4.30. The molecule has 0 unspecified atom stereocenters.